The summed E-state index contributed by atoms with van der Waals surface area (Å²) < 4.78 is 7.59. The SMILES string of the molecule is COc1cc2cccc[n+]2c2ccccc12. The molecular weight excluding hydrogens is 198 g/mol. The molecule has 78 valence electrons. The number of benzene rings is 1. The van der Waals surface area contributed by atoms with Crippen molar-refractivity contribution in [2.45, 2.75) is 0 Å². The number of methoxy groups -OCH3 is 1. The highest BCUT2D eigenvalue weighted by Crippen LogP contribution is 2.23. The largest absolute Gasteiger partial charge is 0.496 e. The van der Waals surface area contributed by atoms with Crippen LogP contribution >= 0.6 is 0 Å². The van der Waals surface area contributed by atoms with Crippen LogP contribution in [-0.2, 0) is 0 Å². The third-order valence-electron chi connectivity index (χ3n) is 2.82. The zero-order valence-electron chi connectivity index (χ0n) is 9.05. The summed E-state index contributed by atoms with van der Waals surface area (Å²) in [6.45, 7) is 0. The second-order valence-electron chi connectivity index (χ2n) is 3.73. The summed E-state index contributed by atoms with van der Waals surface area (Å²) in [7, 11) is 1.71. The number of aromatic nitrogens is 1. The van der Waals surface area contributed by atoms with Crippen LogP contribution in [0.15, 0.2) is 54.7 Å². The number of ether oxygens (including phenoxy) is 1. The molecule has 2 heteroatoms. The molecule has 0 fully saturated rings. The fraction of sp³-hybridized carbons (Fsp3) is 0.0714. The molecule has 0 aliphatic carbocycles. The number of para-hydroxylation sites is 1. The molecule has 0 bridgehead atoms. The molecule has 0 unspecified atom stereocenters. The van der Waals surface area contributed by atoms with Gasteiger partial charge in [-0.3, -0.25) is 0 Å². The van der Waals surface area contributed by atoms with Gasteiger partial charge < -0.3 is 4.74 Å². The molecule has 0 radical (unpaired) electrons. The van der Waals surface area contributed by atoms with Crippen molar-refractivity contribution in [3.05, 3.63) is 54.7 Å². The van der Waals surface area contributed by atoms with Crippen LogP contribution in [0, 0.1) is 0 Å². The molecule has 2 nitrogen and oxygen atoms in total. The van der Waals surface area contributed by atoms with Crippen molar-refractivity contribution in [2.75, 3.05) is 7.11 Å². The molecule has 0 spiro atoms. The second kappa shape index (κ2) is 3.49. The molecule has 0 aliphatic heterocycles. The highest BCUT2D eigenvalue weighted by atomic mass is 16.5. The number of fused-ring (bicyclic) bond motifs is 3. The summed E-state index contributed by atoms with van der Waals surface area (Å²) in [5.41, 5.74) is 2.30. The van der Waals surface area contributed by atoms with Gasteiger partial charge >= 0.3 is 0 Å². The zero-order valence-corrected chi connectivity index (χ0v) is 9.05. The zero-order chi connectivity index (χ0) is 11.0. The molecule has 2 heterocycles. The molecule has 16 heavy (non-hydrogen) atoms. The van der Waals surface area contributed by atoms with Gasteiger partial charge in [-0.1, -0.05) is 12.1 Å². The van der Waals surface area contributed by atoms with Gasteiger partial charge in [0, 0.05) is 18.2 Å². The monoisotopic (exact) mass is 210 g/mol. The van der Waals surface area contributed by atoms with E-state index in [9.17, 15) is 0 Å². The van der Waals surface area contributed by atoms with Crippen molar-refractivity contribution in [1.29, 1.82) is 0 Å². The quantitative estimate of drug-likeness (QED) is 0.444. The van der Waals surface area contributed by atoms with Crippen LogP contribution in [0.4, 0.5) is 0 Å². The predicted molar refractivity (Wildman–Crippen MR) is 63.7 cm³/mol. The topological polar surface area (TPSA) is 13.3 Å². The summed E-state index contributed by atoms with van der Waals surface area (Å²) in [6.07, 6.45) is 2.07. The number of hydrogen-bond acceptors (Lipinski definition) is 1. The molecule has 0 N–H and O–H groups in total. The molecule has 0 amide bonds. The van der Waals surface area contributed by atoms with Gasteiger partial charge in [0.1, 0.15) is 5.75 Å². The van der Waals surface area contributed by atoms with Crippen LogP contribution in [0.3, 0.4) is 0 Å². The fourth-order valence-corrected chi connectivity index (χ4v) is 2.07. The first-order chi connectivity index (χ1) is 7.90. The summed E-state index contributed by atoms with van der Waals surface area (Å²) in [6, 6.07) is 16.5. The molecule has 1 aromatic carbocycles. The lowest BCUT2D eigenvalue weighted by molar-refractivity contribution is -0.481. The van der Waals surface area contributed by atoms with Crippen molar-refractivity contribution < 1.29 is 9.14 Å². The lowest BCUT2D eigenvalue weighted by Crippen LogP contribution is -2.22. The third-order valence-corrected chi connectivity index (χ3v) is 2.82. The van der Waals surface area contributed by atoms with E-state index in [0.29, 0.717) is 0 Å². The fourth-order valence-electron chi connectivity index (χ4n) is 2.07. The smallest absolute Gasteiger partial charge is 0.222 e. The lowest BCUT2D eigenvalue weighted by atomic mass is 10.2. The van der Waals surface area contributed by atoms with Crippen LogP contribution < -0.4 is 9.14 Å². The second-order valence-corrected chi connectivity index (χ2v) is 3.73. The van der Waals surface area contributed by atoms with E-state index >= 15 is 0 Å². The average molecular weight is 210 g/mol. The Morgan fingerprint density at radius 3 is 2.69 bits per heavy atom. The third kappa shape index (κ3) is 1.23. The first-order valence-electron chi connectivity index (χ1n) is 5.26. The van der Waals surface area contributed by atoms with Crippen molar-refractivity contribution in [1.82, 2.24) is 0 Å². The molecule has 0 aliphatic rings. The van der Waals surface area contributed by atoms with Crippen molar-refractivity contribution in [3.8, 4) is 5.75 Å². The highest BCUT2D eigenvalue weighted by Gasteiger charge is 2.12. The summed E-state index contributed by atoms with van der Waals surface area (Å²) in [5, 5.41) is 1.13. The summed E-state index contributed by atoms with van der Waals surface area (Å²) in [5.74, 6) is 0.918. The Morgan fingerprint density at radius 1 is 1.00 bits per heavy atom. The molecule has 3 rings (SSSR count). The number of nitrogens with zero attached hydrogens (tertiary/aromatic N) is 1. The van der Waals surface area contributed by atoms with Gasteiger partial charge in [0.15, 0.2) is 6.20 Å². The van der Waals surface area contributed by atoms with E-state index in [2.05, 4.69) is 34.9 Å². The first-order valence-corrected chi connectivity index (χ1v) is 5.26. The van der Waals surface area contributed by atoms with Crippen molar-refractivity contribution >= 4 is 16.4 Å². The Labute approximate surface area is 93.7 Å². The molecule has 0 atom stereocenters. The number of rotatable bonds is 1. The van der Waals surface area contributed by atoms with Crippen molar-refractivity contribution in [3.63, 3.8) is 0 Å². The molecule has 3 aromatic rings. The minimum Gasteiger partial charge on any atom is -0.496 e. The summed E-state index contributed by atoms with van der Waals surface area (Å²) in [4.78, 5) is 0. The Kier molecular flexibility index (Phi) is 2.00. The van der Waals surface area contributed by atoms with E-state index in [4.69, 9.17) is 4.74 Å². The van der Waals surface area contributed by atoms with Gasteiger partial charge in [-0.15, -0.1) is 0 Å². The van der Waals surface area contributed by atoms with Gasteiger partial charge in [0.25, 0.3) is 0 Å². The van der Waals surface area contributed by atoms with Gasteiger partial charge in [-0.2, -0.15) is 4.40 Å². The van der Waals surface area contributed by atoms with Crippen molar-refractivity contribution in [2.24, 2.45) is 0 Å². The van der Waals surface area contributed by atoms with Gasteiger partial charge in [-0.25, -0.2) is 0 Å². The van der Waals surface area contributed by atoms with Gasteiger partial charge in [-0.05, 0) is 12.1 Å². The van der Waals surface area contributed by atoms with E-state index in [0.717, 1.165) is 22.2 Å². The Morgan fingerprint density at radius 2 is 1.81 bits per heavy atom. The molecule has 0 saturated heterocycles. The van der Waals surface area contributed by atoms with Crippen LogP contribution in [-0.4, -0.2) is 7.11 Å². The molecule has 0 saturated carbocycles. The first kappa shape index (κ1) is 9.16. The highest BCUT2D eigenvalue weighted by molar-refractivity contribution is 5.84. The number of hydrogen-bond donors (Lipinski definition) is 0. The number of pyridine rings is 2. The maximum Gasteiger partial charge on any atom is 0.222 e. The standard InChI is InChI=1S/C14H12NO/c1-16-14-10-11-6-4-5-9-15(11)13-8-3-2-7-12(13)14/h2-10H,1H3/q+1. The molecular formula is C14H12NO+. The van der Waals surface area contributed by atoms with E-state index in [1.807, 2.05) is 24.3 Å². The Hall–Kier alpha value is -2.09. The minimum absolute atomic E-state index is 0.918. The average Bonchev–Trinajstić information content (AvgIpc) is 2.38. The van der Waals surface area contributed by atoms with Gasteiger partial charge in [0.05, 0.1) is 18.6 Å². The maximum atomic E-state index is 5.42. The van der Waals surface area contributed by atoms with Crippen LogP contribution in [0.5, 0.6) is 5.75 Å². The van der Waals surface area contributed by atoms with Crippen LogP contribution in [0.25, 0.3) is 16.4 Å². The van der Waals surface area contributed by atoms with E-state index in [1.165, 1.54) is 0 Å². The normalized spacial score (nSPS) is 10.8. The predicted octanol–water partition coefficient (Wildman–Crippen LogP) is 2.59. The molecule has 2 aromatic heterocycles. The Balaban J connectivity index is 2.57. The van der Waals surface area contributed by atoms with E-state index in [1.54, 1.807) is 7.11 Å². The van der Waals surface area contributed by atoms with Crippen LogP contribution in [0.2, 0.25) is 0 Å². The summed E-state index contributed by atoms with van der Waals surface area (Å²) >= 11 is 0. The van der Waals surface area contributed by atoms with Crippen LogP contribution in [0.1, 0.15) is 0 Å². The van der Waals surface area contributed by atoms with Gasteiger partial charge in [0.2, 0.25) is 11.0 Å². The van der Waals surface area contributed by atoms with E-state index < -0.39 is 0 Å². The maximum absolute atomic E-state index is 5.42. The minimum atomic E-state index is 0.918. The lowest BCUT2D eigenvalue weighted by Gasteiger charge is -2.03. The van der Waals surface area contributed by atoms with E-state index in [-0.39, 0.29) is 0 Å². The Bertz CT molecular complexity index is 661.